The summed E-state index contributed by atoms with van der Waals surface area (Å²) in [4.78, 5) is 0. The van der Waals surface area contributed by atoms with Crippen LogP contribution in [0.25, 0.3) is 0 Å². The van der Waals surface area contributed by atoms with Crippen LogP contribution < -0.4 is 15.2 Å². The third-order valence-corrected chi connectivity index (χ3v) is 5.34. The predicted molar refractivity (Wildman–Crippen MR) is 83.7 cm³/mol. The molecule has 0 radical (unpaired) electrons. The molecule has 1 aliphatic carbocycles. The Bertz CT molecular complexity index is 510. The van der Waals surface area contributed by atoms with Crippen molar-refractivity contribution in [2.45, 2.75) is 44.4 Å². The maximum atomic E-state index is 6.18. The van der Waals surface area contributed by atoms with Gasteiger partial charge in [-0.3, -0.25) is 0 Å². The van der Waals surface area contributed by atoms with Gasteiger partial charge in [0.1, 0.15) is 13.2 Å². The molecule has 1 aromatic carbocycles. The van der Waals surface area contributed by atoms with E-state index in [2.05, 4.69) is 28.9 Å². The Morgan fingerprint density at radius 1 is 1.25 bits per heavy atom. The Kier molecular flexibility index (Phi) is 3.95. The quantitative estimate of drug-likeness (QED) is 0.915. The molecule has 1 heterocycles. The molecular formula is C16H22BrNO2. The molecule has 3 rings (SSSR count). The summed E-state index contributed by atoms with van der Waals surface area (Å²) in [5.41, 5.74) is 8.93. The topological polar surface area (TPSA) is 44.5 Å². The van der Waals surface area contributed by atoms with Gasteiger partial charge in [0.05, 0.1) is 0 Å². The van der Waals surface area contributed by atoms with Gasteiger partial charge in [0, 0.05) is 22.0 Å². The maximum Gasteiger partial charge on any atom is 0.164 e. The molecule has 0 bridgehead atoms. The Balaban J connectivity index is 2.19. The fourth-order valence-corrected chi connectivity index (χ4v) is 4.61. The number of benzene rings is 1. The molecule has 20 heavy (non-hydrogen) atoms. The molecule has 0 spiro atoms. The second-order valence-corrected chi connectivity index (χ2v) is 6.64. The van der Waals surface area contributed by atoms with Crippen LogP contribution in [-0.2, 0) is 11.8 Å². The summed E-state index contributed by atoms with van der Waals surface area (Å²) in [5, 5.41) is 0. The van der Waals surface area contributed by atoms with Crippen LogP contribution in [0, 0.1) is 0 Å². The second kappa shape index (κ2) is 5.57. The largest absolute Gasteiger partial charge is 0.486 e. The molecule has 1 saturated carbocycles. The summed E-state index contributed by atoms with van der Waals surface area (Å²) in [6.07, 6.45) is 5.83. The second-order valence-electron chi connectivity index (χ2n) is 5.78. The van der Waals surface area contributed by atoms with Crippen LogP contribution >= 0.6 is 15.9 Å². The molecule has 1 aromatic rings. The van der Waals surface area contributed by atoms with Gasteiger partial charge in [-0.15, -0.1) is 0 Å². The normalized spacial score (nSPS) is 20.1. The van der Waals surface area contributed by atoms with Crippen molar-refractivity contribution in [3.8, 4) is 11.5 Å². The highest BCUT2D eigenvalue weighted by Gasteiger charge is 2.39. The van der Waals surface area contributed by atoms with Crippen LogP contribution in [0.1, 0.15) is 43.7 Å². The monoisotopic (exact) mass is 339 g/mol. The SMILES string of the molecule is CCc1c2c(cc(Br)c1C1(CN)CCCC1)OCCO2. The van der Waals surface area contributed by atoms with Gasteiger partial charge in [0.2, 0.25) is 0 Å². The first-order valence-corrected chi connectivity index (χ1v) is 8.32. The lowest BCUT2D eigenvalue weighted by Crippen LogP contribution is -2.34. The first-order chi connectivity index (χ1) is 9.72. The number of hydrogen-bond donors (Lipinski definition) is 1. The highest BCUT2D eigenvalue weighted by Crippen LogP contribution is 2.50. The minimum absolute atomic E-state index is 0.111. The molecule has 1 fully saturated rings. The fourth-order valence-electron chi connectivity index (χ4n) is 3.74. The molecule has 0 atom stereocenters. The zero-order chi connectivity index (χ0) is 14.2. The standard InChI is InChI=1S/C16H22BrNO2/c1-2-11-14(16(10-18)5-3-4-6-16)12(17)9-13-15(11)20-8-7-19-13/h9H,2-8,10,18H2,1H3. The Hall–Kier alpha value is -0.740. The Morgan fingerprint density at radius 2 is 1.95 bits per heavy atom. The summed E-state index contributed by atoms with van der Waals surface area (Å²) in [6, 6.07) is 2.07. The fraction of sp³-hybridized carbons (Fsp3) is 0.625. The zero-order valence-corrected chi connectivity index (χ0v) is 13.6. The molecule has 0 unspecified atom stereocenters. The van der Waals surface area contributed by atoms with Crippen molar-refractivity contribution in [1.82, 2.24) is 0 Å². The van der Waals surface area contributed by atoms with Crippen molar-refractivity contribution in [3.63, 3.8) is 0 Å². The molecule has 4 heteroatoms. The number of rotatable bonds is 3. The molecule has 3 nitrogen and oxygen atoms in total. The molecule has 1 aliphatic heterocycles. The van der Waals surface area contributed by atoms with Crippen LogP contribution in [0.5, 0.6) is 11.5 Å². The van der Waals surface area contributed by atoms with Gasteiger partial charge in [-0.25, -0.2) is 0 Å². The average Bonchev–Trinajstić information content (AvgIpc) is 2.95. The molecule has 0 saturated heterocycles. The molecule has 110 valence electrons. The summed E-state index contributed by atoms with van der Waals surface area (Å²) >= 11 is 3.76. The zero-order valence-electron chi connectivity index (χ0n) is 12.0. The van der Waals surface area contributed by atoms with Crippen LogP contribution in [0.15, 0.2) is 10.5 Å². The van der Waals surface area contributed by atoms with E-state index in [9.17, 15) is 0 Å². The third-order valence-electron chi connectivity index (χ3n) is 4.72. The summed E-state index contributed by atoms with van der Waals surface area (Å²) in [7, 11) is 0. The van der Waals surface area contributed by atoms with E-state index in [1.54, 1.807) is 0 Å². The van der Waals surface area contributed by atoms with E-state index in [1.807, 2.05) is 0 Å². The number of fused-ring (bicyclic) bond motifs is 1. The van der Waals surface area contributed by atoms with E-state index < -0.39 is 0 Å². The molecule has 2 aliphatic rings. The Labute approximate surface area is 129 Å². The number of ether oxygens (including phenoxy) is 2. The van der Waals surface area contributed by atoms with Gasteiger partial charge >= 0.3 is 0 Å². The maximum absolute atomic E-state index is 6.18. The minimum atomic E-state index is 0.111. The van der Waals surface area contributed by atoms with Crippen LogP contribution in [0.2, 0.25) is 0 Å². The van der Waals surface area contributed by atoms with Crippen molar-refractivity contribution in [2.75, 3.05) is 19.8 Å². The van der Waals surface area contributed by atoms with Gasteiger partial charge in [-0.1, -0.05) is 35.7 Å². The highest BCUT2D eigenvalue weighted by molar-refractivity contribution is 9.10. The van der Waals surface area contributed by atoms with Crippen molar-refractivity contribution >= 4 is 15.9 Å². The molecule has 0 aromatic heterocycles. The van der Waals surface area contributed by atoms with Crippen LogP contribution in [0.4, 0.5) is 0 Å². The van der Waals surface area contributed by atoms with Crippen molar-refractivity contribution in [3.05, 3.63) is 21.7 Å². The van der Waals surface area contributed by atoms with Crippen LogP contribution in [-0.4, -0.2) is 19.8 Å². The highest BCUT2D eigenvalue weighted by atomic mass is 79.9. The third kappa shape index (κ3) is 2.13. The number of hydrogen-bond acceptors (Lipinski definition) is 3. The molecular weight excluding hydrogens is 318 g/mol. The Morgan fingerprint density at radius 3 is 2.60 bits per heavy atom. The van der Waals surface area contributed by atoms with Crippen molar-refractivity contribution in [2.24, 2.45) is 5.73 Å². The summed E-state index contributed by atoms with van der Waals surface area (Å²) < 4.78 is 12.8. The lowest BCUT2D eigenvalue weighted by Gasteiger charge is -2.34. The molecule has 2 N–H and O–H groups in total. The smallest absolute Gasteiger partial charge is 0.164 e. The summed E-state index contributed by atoms with van der Waals surface area (Å²) in [6.45, 7) is 4.15. The van der Waals surface area contributed by atoms with E-state index in [0.29, 0.717) is 19.8 Å². The van der Waals surface area contributed by atoms with Crippen LogP contribution in [0.3, 0.4) is 0 Å². The lowest BCUT2D eigenvalue weighted by molar-refractivity contribution is 0.169. The van der Waals surface area contributed by atoms with E-state index in [-0.39, 0.29) is 5.41 Å². The predicted octanol–water partition coefficient (Wildman–Crippen LogP) is 3.55. The van der Waals surface area contributed by atoms with E-state index in [0.717, 1.165) is 22.4 Å². The average molecular weight is 340 g/mol. The number of nitrogens with two attached hydrogens (primary N) is 1. The molecule has 0 amide bonds. The first kappa shape index (κ1) is 14.2. The van der Waals surface area contributed by atoms with Gasteiger partial charge in [-0.05, 0) is 30.9 Å². The first-order valence-electron chi connectivity index (χ1n) is 7.53. The van der Waals surface area contributed by atoms with Gasteiger partial charge in [-0.2, -0.15) is 0 Å². The number of halogens is 1. The van der Waals surface area contributed by atoms with Gasteiger partial charge in [0.25, 0.3) is 0 Å². The van der Waals surface area contributed by atoms with Crippen molar-refractivity contribution in [1.29, 1.82) is 0 Å². The van der Waals surface area contributed by atoms with E-state index in [1.165, 1.54) is 36.8 Å². The lowest BCUT2D eigenvalue weighted by atomic mass is 9.76. The minimum Gasteiger partial charge on any atom is -0.486 e. The van der Waals surface area contributed by atoms with E-state index >= 15 is 0 Å². The van der Waals surface area contributed by atoms with E-state index in [4.69, 9.17) is 15.2 Å². The summed E-state index contributed by atoms with van der Waals surface area (Å²) in [5.74, 6) is 1.81. The van der Waals surface area contributed by atoms with Gasteiger partial charge in [0.15, 0.2) is 11.5 Å². The van der Waals surface area contributed by atoms with Crippen molar-refractivity contribution < 1.29 is 9.47 Å². The van der Waals surface area contributed by atoms with Gasteiger partial charge < -0.3 is 15.2 Å².